The van der Waals surface area contributed by atoms with E-state index in [0.29, 0.717) is 5.88 Å². The third kappa shape index (κ3) is 4.54. The van der Waals surface area contributed by atoms with Crippen molar-refractivity contribution in [2.24, 2.45) is 0 Å². The summed E-state index contributed by atoms with van der Waals surface area (Å²) in [6.07, 6.45) is 9.22. The number of alkyl halides is 1. The van der Waals surface area contributed by atoms with E-state index < -0.39 is 0 Å². The SMILES string of the molecule is CCCCc1cc2c(c(CCCC)c1C)Oc1c(cc(C)c3c1CCCN3)C2c1ccc(CCl)cc1. The standard InChI is InChI=1S/C33H40ClNO/c1-5-7-10-25-19-29-30(24-15-13-23(20-34)14-16-24)28-18-21(3)31-27(12-9-17-35-31)33(28)36-32(29)26(22(25)4)11-8-6-2/h13-16,18-19,30,35H,5-12,17,20H2,1-4H3. The third-order valence-electron chi connectivity index (χ3n) is 8.18. The zero-order valence-electron chi connectivity index (χ0n) is 22.4. The van der Waals surface area contributed by atoms with Crippen LogP contribution in [0, 0.1) is 13.8 Å². The Morgan fingerprint density at radius 3 is 2.39 bits per heavy atom. The van der Waals surface area contributed by atoms with Crippen molar-refractivity contribution >= 4 is 17.3 Å². The van der Waals surface area contributed by atoms with Crippen LogP contribution in [0.15, 0.2) is 36.4 Å². The highest BCUT2D eigenvalue weighted by atomic mass is 35.5. The molecular weight excluding hydrogens is 462 g/mol. The van der Waals surface area contributed by atoms with Crippen molar-refractivity contribution in [1.82, 2.24) is 0 Å². The van der Waals surface area contributed by atoms with Crippen molar-refractivity contribution in [2.45, 2.75) is 90.9 Å². The Kier molecular flexibility index (Phi) is 7.62. The van der Waals surface area contributed by atoms with Crippen LogP contribution in [0.3, 0.4) is 0 Å². The van der Waals surface area contributed by atoms with Crippen LogP contribution in [0.4, 0.5) is 5.69 Å². The van der Waals surface area contributed by atoms with Crippen molar-refractivity contribution in [2.75, 3.05) is 11.9 Å². The number of benzene rings is 3. The molecule has 190 valence electrons. The Labute approximate surface area is 222 Å². The van der Waals surface area contributed by atoms with Crippen LogP contribution < -0.4 is 10.1 Å². The Bertz CT molecular complexity index is 1240. The fourth-order valence-corrected chi connectivity index (χ4v) is 6.32. The first-order valence-corrected chi connectivity index (χ1v) is 14.5. The summed E-state index contributed by atoms with van der Waals surface area (Å²) in [4.78, 5) is 0. The summed E-state index contributed by atoms with van der Waals surface area (Å²) in [7, 11) is 0. The van der Waals surface area contributed by atoms with Crippen LogP contribution in [0.5, 0.6) is 11.5 Å². The second kappa shape index (κ2) is 10.9. The largest absolute Gasteiger partial charge is 0.456 e. The average molecular weight is 502 g/mol. The lowest BCUT2D eigenvalue weighted by atomic mass is 9.77. The summed E-state index contributed by atoms with van der Waals surface area (Å²) in [6.45, 7) is 10.2. The number of rotatable bonds is 8. The molecule has 3 heteroatoms. The van der Waals surface area contributed by atoms with Gasteiger partial charge in [-0.25, -0.2) is 0 Å². The van der Waals surface area contributed by atoms with Crippen molar-refractivity contribution in [3.63, 3.8) is 0 Å². The predicted molar refractivity (Wildman–Crippen MR) is 153 cm³/mol. The molecule has 0 saturated carbocycles. The van der Waals surface area contributed by atoms with Crippen molar-refractivity contribution in [3.05, 3.63) is 86.5 Å². The molecule has 0 aromatic heterocycles. The number of unbranched alkanes of at least 4 members (excludes halogenated alkanes) is 2. The molecule has 2 aliphatic rings. The smallest absolute Gasteiger partial charge is 0.136 e. The topological polar surface area (TPSA) is 21.3 Å². The molecule has 5 rings (SSSR count). The van der Waals surface area contributed by atoms with Gasteiger partial charge in [-0.2, -0.15) is 0 Å². The van der Waals surface area contributed by atoms with E-state index in [-0.39, 0.29) is 5.92 Å². The molecule has 0 spiro atoms. The maximum atomic E-state index is 7.03. The average Bonchev–Trinajstić information content (AvgIpc) is 2.91. The van der Waals surface area contributed by atoms with Gasteiger partial charge in [0.05, 0.1) is 0 Å². The minimum atomic E-state index is 0.167. The van der Waals surface area contributed by atoms with Crippen LogP contribution in [-0.2, 0) is 25.1 Å². The van der Waals surface area contributed by atoms with Gasteiger partial charge in [-0.1, -0.05) is 57.0 Å². The van der Waals surface area contributed by atoms with Crippen molar-refractivity contribution in [1.29, 1.82) is 0 Å². The summed E-state index contributed by atoms with van der Waals surface area (Å²) in [5.74, 6) is 2.93. The monoisotopic (exact) mass is 501 g/mol. The van der Waals surface area contributed by atoms with E-state index in [1.54, 1.807) is 0 Å². The molecule has 1 unspecified atom stereocenters. The van der Waals surface area contributed by atoms with Crippen LogP contribution in [0.2, 0.25) is 0 Å². The van der Waals surface area contributed by atoms with Gasteiger partial charge in [0.15, 0.2) is 0 Å². The van der Waals surface area contributed by atoms with Gasteiger partial charge in [0, 0.05) is 40.7 Å². The van der Waals surface area contributed by atoms with Gasteiger partial charge in [-0.05, 0) is 91.8 Å². The summed E-state index contributed by atoms with van der Waals surface area (Å²) >= 11 is 6.16. The second-order valence-electron chi connectivity index (χ2n) is 10.7. The van der Waals surface area contributed by atoms with Gasteiger partial charge in [0.25, 0.3) is 0 Å². The number of anilines is 1. The van der Waals surface area contributed by atoms with Gasteiger partial charge < -0.3 is 10.1 Å². The lowest BCUT2D eigenvalue weighted by Gasteiger charge is -2.35. The molecule has 2 nitrogen and oxygen atoms in total. The fraction of sp³-hybridized carbons (Fsp3) is 0.455. The summed E-state index contributed by atoms with van der Waals surface area (Å²) < 4.78 is 7.03. The molecule has 0 radical (unpaired) electrons. The van der Waals surface area contributed by atoms with Crippen molar-refractivity contribution < 1.29 is 4.74 Å². The van der Waals surface area contributed by atoms with Crippen LogP contribution >= 0.6 is 11.6 Å². The van der Waals surface area contributed by atoms with Gasteiger partial charge in [0.2, 0.25) is 0 Å². The van der Waals surface area contributed by atoms with Crippen LogP contribution in [0.25, 0.3) is 0 Å². The highest BCUT2D eigenvalue weighted by Crippen LogP contribution is 2.53. The van der Waals surface area contributed by atoms with Crippen LogP contribution in [-0.4, -0.2) is 6.54 Å². The first kappa shape index (κ1) is 25.2. The highest BCUT2D eigenvalue weighted by molar-refractivity contribution is 6.17. The predicted octanol–water partition coefficient (Wildman–Crippen LogP) is 9.37. The summed E-state index contributed by atoms with van der Waals surface area (Å²) in [5, 5.41) is 3.67. The molecule has 0 bridgehead atoms. The van der Waals surface area contributed by atoms with E-state index in [1.807, 2.05) is 0 Å². The molecule has 0 amide bonds. The number of hydrogen-bond acceptors (Lipinski definition) is 2. The summed E-state index contributed by atoms with van der Waals surface area (Å²) in [6, 6.07) is 13.8. The zero-order valence-corrected chi connectivity index (χ0v) is 23.2. The minimum absolute atomic E-state index is 0.167. The normalized spacial score (nSPS) is 16.0. The Morgan fingerprint density at radius 2 is 1.67 bits per heavy atom. The number of halogens is 1. The molecule has 0 aliphatic carbocycles. The lowest BCUT2D eigenvalue weighted by molar-refractivity contribution is 0.437. The maximum absolute atomic E-state index is 7.03. The minimum Gasteiger partial charge on any atom is -0.456 e. The fourth-order valence-electron chi connectivity index (χ4n) is 6.14. The number of nitrogens with one attached hydrogen (secondary N) is 1. The Balaban J connectivity index is 1.77. The molecule has 0 fully saturated rings. The molecule has 36 heavy (non-hydrogen) atoms. The molecule has 1 atom stereocenters. The Morgan fingerprint density at radius 1 is 0.944 bits per heavy atom. The molecule has 0 saturated heterocycles. The first-order chi connectivity index (χ1) is 17.6. The quantitative estimate of drug-likeness (QED) is 0.243. The molecular formula is C33H40ClNO. The van der Waals surface area contributed by atoms with E-state index in [2.05, 4.69) is 69.4 Å². The second-order valence-corrected chi connectivity index (χ2v) is 10.9. The molecule has 3 aromatic rings. The zero-order chi connectivity index (χ0) is 25.2. The Hall–Kier alpha value is -2.45. The van der Waals surface area contributed by atoms with E-state index in [1.165, 1.54) is 75.9 Å². The van der Waals surface area contributed by atoms with Gasteiger partial charge in [0.1, 0.15) is 11.5 Å². The lowest BCUT2D eigenvalue weighted by Crippen LogP contribution is -2.20. The van der Waals surface area contributed by atoms with Gasteiger partial charge in [-0.15, -0.1) is 11.6 Å². The van der Waals surface area contributed by atoms with Crippen molar-refractivity contribution in [3.8, 4) is 11.5 Å². The van der Waals surface area contributed by atoms with E-state index >= 15 is 0 Å². The van der Waals surface area contributed by atoms with E-state index in [0.717, 1.165) is 49.3 Å². The van der Waals surface area contributed by atoms with Crippen LogP contribution in [0.1, 0.15) is 102 Å². The van der Waals surface area contributed by atoms with E-state index in [9.17, 15) is 0 Å². The number of ether oxygens (including phenoxy) is 1. The third-order valence-corrected chi connectivity index (χ3v) is 8.49. The first-order valence-electron chi connectivity index (χ1n) is 13.9. The summed E-state index contributed by atoms with van der Waals surface area (Å²) in [5.41, 5.74) is 13.5. The molecule has 1 N–H and O–H groups in total. The van der Waals surface area contributed by atoms with E-state index in [4.69, 9.17) is 16.3 Å². The molecule has 2 heterocycles. The molecule has 3 aromatic carbocycles. The number of hydrogen-bond donors (Lipinski definition) is 1. The number of aryl methyl sites for hydroxylation is 2. The number of fused-ring (bicyclic) bond motifs is 4. The highest BCUT2D eigenvalue weighted by Gasteiger charge is 2.35. The molecule has 2 aliphatic heterocycles. The van der Waals surface area contributed by atoms with Gasteiger partial charge in [-0.3, -0.25) is 0 Å². The maximum Gasteiger partial charge on any atom is 0.136 e. The van der Waals surface area contributed by atoms with Gasteiger partial charge >= 0.3 is 0 Å².